The molecule has 0 spiro atoms. The fraction of sp³-hybridized carbons (Fsp3) is 0.125. The second-order valence-corrected chi connectivity index (χ2v) is 6.93. The van der Waals surface area contributed by atoms with Gasteiger partial charge in [-0.05, 0) is 54.6 Å². The minimum Gasteiger partial charge on any atom is -0.493 e. The largest absolute Gasteiger partial charge is 0.493 e. The number of aromatic nitrogens is 3. The van der Waals surface area contributed by atoms with E-state index in [-0.39, 0.29) is 11.4 Å². The molecule has 0 unspecified atom stereocenters. The molecule has 0 saturated heterocycles. The van der Waals surface area contributed by atoms with Gasteiger partial charge >= 0.3 is 5.97 Å². The number of rotatable bonds is 8. The SMILES string of the molecule is COc1ccc(C(=O)COC(=O)c2cnn(-c3ccc(F)cc3)c2-n2cccc2)cc1OC. The number of methoxy groups -OCH3 is 2. The van der Waals surface area contributed by atoms with E-state index in [9.17, 15) is 14.0 Å². The molecule has 0 saturated carbocycles. The monoisotopic (exact) mass is 449 g/mol. The number of carbonyl (C=O) groups excluding carboxylic acids is 2. The number of hydrogen-bond acceptors (Lipinski definition) is 6. The maximum Gasteiger partial charge on any atom is 0.344 e. The summed E-state index contributed by atoms with van der Waals surface area (Å²) in [6, 6.07) is 14.0. The molecule has 0 fully saturated rings. The smallest absolute Gasteiger partial charge is 0.344 e. The van der Waals surface area contributed by atoms with Gasteiger partial charge in [0.05, 0.1) is 26.1 Å². The van der Waals surface area contributed by atoms with Gasteiger partial charge < -0.3 is 18.8 Å². The fourth-order valence-corrected chi connectivity index (χ4v) is 3.28. The van der Waals surface area contributed by atoms with Crippen LogP contribution >= 0.6 is 0 Å². The van der Waals surface area contributed by atoms with Crippen molar-refractivity contribution in [2.24, 2.45) is 0 Å². The Balaban J connectivity index is 1.57. The van der Waals surface area contributed by atoms with Crippen molar-refractivity contribution in [3.63, 3.8) is 0 Å². The van der Waals surface area contributed by atoms with Gasteiger partial charge in [-0.1, -0.05) is 0 Å². The van der Waals surface area contributed by atoms with Crippen molar-refractivity contribution in [1.82, 2.24) is 14.3 Å². The molecule has 0 aliphatic heterocycles. The first-order valence-electron chi connectivity index (χ1n) is 9.91. The molecule has 9 heteroatoms. The maximum absolute atomic E-state index is 13.4. The number of Topliss-reactive ketones (excluding diaryl/α,β-unsaturated/α-hetero) is 1. The highest BCUT2D eigenvalue weighted by molar-refractivity contribution is 6.00. The molecule has 33 heavy (non-hydrogen) atoms. The Hall–Kier alpha value is -4.40. The first-order chi connectivity index (χ1) is 16.0. The molecule has 0 aliphatic rings. The van der Waals surface area contributed by atoms with Crippen LogP contribution in [0.5, 0.6) is 11.5 Å². The summed E-state index contributed by atoms with van der Waals surface area (Å²) in [5, 5.41) is 4.28. The zero-order chi connectivity index (χ0) is 23.4. The van der Waals surface area contributed by atoms with E-state index in [0.29, 0.717) is 28.6 Å². The van der Waals surface area contributed by atoms with Crippen molar-refractivity contribution in [3.05, 3.63) is 90.1 Å². The van der Waals surface area contributed by atoms with Crippen LogP contribution in [-0.2, 0) is 4.74 Å². The van der Waals surface area contributed by atoms with Crippen molar-refractivity contribution < 1.29 is 28.2 Å². The van der Waals surface area contributed by atoms with Gasteiger partial charge in [-0.15, -0.1) is 0 Å². The molecular formula is C24H20FN3O5. The number of ether oxygens (including phenoxy) is 3. The fourth-order valence-electron chi connectivity index (χ4n) is 3.28. The Morgan fingerprint density at radius 3 is 2.33 bits per heavy atom. The van der Waals surface area contributed by atoms with E-state index in [1.807, 2.05) is 0 Å². The van der Waals surface area contributed by atoms with Gasteiger partial charge in [-0.2, -0.15) is 5.10 Å². The predicted octanol–water partition coefficient (Wildman–Crippen LogP) is 3.86. The number of esters is 1. The molecule has 4 aromatic rings. The number of nitrogens with zero attached hydrogens (tertiary/aromatic N) is 3. The van der Waals surface area contributed by atoms with Crippen molar-refractivity contribution in [2.75, 3.05) is 20.8 Å². The lowest BCUT2D eigenvalue weighted by Gasteiger charge is -2.11. The van der Waals surface area contributed by atoms with Crippen LogP contribution in [0.15, 0.2) is 73.2 Å². The molecule has 0 N–H and O–H groups in total. The Morgan fingerprint density at radius 1 is 0.970 bits per heavy atom. The quantitative estimate of drug-likeness (QED) is 0.300. The van der Waals surface area contributed by atoms with E-state index in [1.54, 1.807) is 53.4 Å². The van der Waals surface area contributed by atoms with Crippen LogP contribution in [0, 0.1) is 5.82 Å². The highest BCUT2D eigenvalue weighted by atomic mass is 19.1. The summed E-state index contributed by atoms with van der Waals surface area (Å²) in [5.41, 5.74) is 1.02. The van der Waals surface area contributed by atoms with Crippen molar-refractivity contribution in [1.29, 1.82) is 0 Å². The second kappa shape index (κ2) is 9.39. The molecule has 0 amide bonds. The van der Waals surface area contributed by atoms with Crippen molar-refractivity contribution >= 4 is 11.8 Å². The minimum atomic E-state index is -0.721. The number of ketones is 1. The average molecular weight is 449 g/mol. The van der Waals surface area contributed by atoms with Gasteiger partial charge in [0.25, 0.3) is 0 Å². The molecule has 0 bridgehead atoms. The summed E-state index contributed by atoms with van der Waals surface area (Å²) in [6.07, 6.45) is 4.83. The van der Waals surface area contributed by atoms with Crippen LogP contribution in [0.2, 0.25) is 0 Å². The van der Waals surface area contributed by atoms with Gasteiger partial charge in [-0.25, -0.2) is 13.9 Å². The van der Waals surface area contributed by atoms with Crippen molar-refractivity contribution in [3.8, 4) is 23.0 Å². The molecule has 0 aliphatic carbocycles. The van der Waals surface area contributed by atoms with Crippen molar-refractivity contribution in [2.45, 2.75) is 0 Å². The lowest BCUT2D eigenvalue weighted by Crippen LogP contribution is -2.16. The highest BCUT2D eigenvalue weighted by Gasteiger charge is 2.22. The van der Waals surface area contributed by atoms with Crippen LogP contribution < -0.4 is 9.47 Å². The van der Waals surface area contributed by atoms with Crippen LogP contribution in [0.1, 0.15) is 20.7 Å². The van der Waals surface area contributed by atoms with Gasteiger partial charge in [0, 0.05) is 18.0 Å². The molecular weight excluding hydrogens is 429 g/mol. The Labute approximate surface area is 188 Å². The topological polar surface area (TPSA) is 84.6 Å². The van der Waals surface area contributed by atoms with Crippen LogP contribution in [0.25, 0.3) is 11.5 Å². The first kappa shape index (κ1) is 21.8. The third-order valence-corrected chi connectivity index (χ3v) is 4.92. The zero-order valence-corrected chi connectivity index (χ0v) is 17.9. The summed E-state index contributed by atoms with van der Waals surface area (Å²) >= 11 is 0. The standard InChI is InChI=1S/C24H20FN3O5/c1-31-21-10-5-16(13-22(21)32-2)20(29)15-33-24(30)19-14-26-28(18-8-6-17(25)7-9-18)23(19)27-11-3-4-12-27/h3-14H,15H2,1-2H3. The third kappa shape index (κ3) is 4.47. The van der Waals surface area contributed by atoms with E-state index in [0.717, 1.165) is 0 Å². The summed E-state index contributed by atoms with van der Waals surface area (Å²) in [5.74, 6) is -0.240. The number of halogens is 1. The van der Waals surface area contributed by atoms with Crippen LogP contribution in [0.4, 0.5) is 4.39 Å². The van der Waals surface area contributed by atoms with Crippen LogP contribution in [-0.4, -0.2) is 46.9 Å². The zero-order valence-electron chi connectivity index (χ0n) is 17.9. The molecule has 8 nitrogen and oxygen atoms in total. The molecule has 2 aromatic carbocycles. The maximum atomic E-state index is 13.4. The number of benzene rings is 2. The van der Waals surface area contributed by atoms with E-state index >= 15 is 0 Å². The summed E-state index contributed by atoms with van der Waals surface area (Å²) < 4.78 is 32.2. The summed E-state index contributed by atoms with van der Waals surface area (Å²) in [6.45, 7) is -0.471. The normalized spacial score (nSPS) is 10.6. The predicted molar refractivity (Wildman–Crippen MR) is 117 cm³/mol. The van der Waals surface area contributed by atoms with Gasteiger partial charge in [-0.3, -0.25) is 4.79 Å². The van der Waals surface area contributed by atoms with Gasteiger partial charge in [0.1, 0.15) is 11.4 Å². The number of carbonyl (C=O) groups is 2. The van der Waals surface area contributed by atoms with E-state index in [4.69, 9.17) is 14.2 Å². The second-order valence-electron chi connectivity index (χ2n) is 6.93. The lowest BCUT2D eigenvalue weighted by atomic mass is 10.1. The van der Waals surface area contributed by atoms with Gasteiger partial charge in [0.15, 0.2) is 29.7 Å². The summed E-state index contributed by atoms with van der Waals surface area (Å²) in [7, 11) is 2.96. The molecule has 2 aromatic heterocycles. The first-order valence-corrected chi connectivity index (χ1v) is 9.91. The average Bonchev–Trinajstić information content (AvgIpc) is 3.52. The van der Waals surface area contributed by atoms with E-state index in [1.165, 1.54) is 43.3 Å². The highest BCUT2D eigenvalue weighted by Crippen LogP contribution is 2.28. The summed E-state index contributed by atoms with van der Waals surface area (Å²) in [4.78, 5) is 25.5. The van der Waals surface area contributed by atoms with E-state index < -0.39 is 18.4 Å². The molecule has 168 valence electrons. The third-order valence-electron chi connectivity index (χ3n) is 4.92. The minimum absolute atomic E-state index is 0.149. The molecule has 0 atom stereocenters. The Morgan fingerprint density at radius 2 is 1.67 bits per heavy atom. The number of hydrogen-bond donors (Lipinski definition) is 0. The molecule has 2 heterocycles. The molecule has 0 radical (unpaired) electrons. The Kier molecular flexibility index (Phi) is 6.21. The molecule has 4 rings (SSSR count). The lowest BCUT2D eigenvalue weighted by molar-refractivity contribution is 0.0474. The Bertz CT molecular complexity index is 1280. The van der Waals surface area contributed by atoms with E-state index in [2.05, 4.69) is 5.10 Å². The van der Waals surface area contributed by atoms with Crippen LogP contribution in [0.3, 0.4) is 0 Å². The van der Waals surface area contributed by atoms with Gasteiger partial charge in [0.2, 0.25) is 0 Å².